The van der Waals surface area contributed by atoms with Crippen molar-refractivity contribution in [2.75, 3.05) is 0 Å². The van der Waals surface area contributed by atoms with Gasteiger partial charge < -0.3 is 5.73 Å². The van der Waals surface area contributed by atoms with Crippen LogP contribution in [0, 0.1) is 11.7 Å². The molecular formula is C12H15BrFN. The van der Waals surface area contributed by atoms with Crippen LogP contribution in [0.2, 0.25) is 0 Å². The van der Waals surface area contributed by atoms with Gasteiger partial charge in [0.05, 0.1) is 4.47 Å². The van der Waals surface area contributed by atoms with Crippen LogP contribution < -0.4 is 5.73 Å². The van der Waals surface area contributed by atoms with Crippen molar-refractivity contribution < 1.29 is 4.39 Å². The normalized spacial score (nSPS) is 25.8. The summed E-state index contributed by atoms with van der Waals surface area (Å²) in [5, 5.41) is 0. The lowest BCUT2D eigenvalue weighted by Crippen LogP contribution is -2.15. The van der Waals surface area contributed by atoms with E-state index in [9.17, 15) is 4.39 Å². The van der Waals surface area contributed by atoms with Gasteiger partial charge in [0.1, 0.15) is 5.82 Å². The Kier molecular flexibility index (Phi) is 3.42. The molecule has 0 spiro atoms. The highest BCUT2D eigenvalue weighted by atomic mass is 79.9. The Morgan fingerprint density at radius 1 is 1.40 bits per heavy atom. The molecule has 2 unspecified atom stereocenters. The summed E-state index contributed by atoms with van der Waals surface area (Å²) in [6, 6.07) is 5.58. The van der Waals surface area contributed by atoms with Gasteiger partial charge in [-0.2, -0.15) is 0 Å². The van der Waals surface area contributed by atoms with Crippen LogP contribution in [0.1, 0.15) is 24.8 Å². The maximum absolute atomic E-state index is 13.3. The highest BCUT2D eigenvalue weighted by Gasteiger charge is 2.22. The van der Waals surface area contributed by atoms with Gasteiger partial charge in [-0.15, -0.1) is 0 Å². The molecule has 0 aromatic heterocycles. The smallest absolute Gasteiger partial charge is 0.137 e. The van der Waals surface area contributed by atoms with Gasteiger partial charge in [0.2, 0.25) is 0 Å². The quantitative estimate of drug-likeness (QED) is 0.878. The average molecular weight is 272 g/mol. The fourth-order valence-electron chi connectivity index (χ4n) is 2.32. The summed E-state index contributed by atoms with van der Waals surface area (Å²) in [6.07, 6.45) is 4.29. The van der Waals surface area contributed by atoms with Crippen LogP contribution in [0.3, 0.4) is 0 Å². The summed E-state index contributed by atoms with van der Waals surface area (Å²) < 4.78 is 13.9. The molecule has 0 aliphatic heterocycles. The van der Waals surface area contributed by atoms with E-state index in [4.69, 9.17) is 5.73 Å². The minimum Gasteiger partial charge on any atom is -0.328 e. The second-order valence-electron chi connectivity index (χ2n) is 4.36. The Hall–Kier alpha value is -0.410. The third-order valence-corrected chi connectivity index (χ3v) is 4.01. The van der Waals surface area contributed by atoms with E-state index >= 15 is 0 Å². The molecule has 3 heteroatoms. The van der Waals surface area contributed by atoms with Gasteiger partial charge in [-0.05, 0) is 59.2 Å². The second kappa shape index (κ2) is 4.62. The topological polar surface area (TPSA) is 26.0 Å². The molecular weight excluding hydrogens is 257 g/mol. The Morgan fingerprint density at radius 3 is 2.87 bits per heavy atom. The third-order valence-electron chi connectivity index (χ3n) is 3.12. The van der Waals surface area contributed by atoms with Gasteiger partial charge in [0, 0.05) is 6.04 Å². The molecule has 0 amide bonds. The van der Waals surface area contributed by atoms with Crippen molar-refractivity contribution in [2.45, 2.75) is 31.7 Å². The van der Waals surface area contributed by atoms with Gasteiger partial charge >= 0.3 is 0 Å². The van der Waals surface area contributed by atoms with E-state index in [1.54, 1.807) is 6.07 Å². The molecule has 1 fully saturated rings. The first-order valence-corrected chi connectivity index (χ1v) is 6.14. The predicted molar refractivity (Wildman–Crippen MR) is 63.1 cm³/mol. The summed E-state index contributed by atoms with van der Waals surface area (Å²) in [7, 11) is 0. The minimum atomic E-state index is -0.171. The molecule has 0 saturated heterocycles. The van der Waals surface area contributed by atoms with E-state index in [2.05, 4.69) is 15.9 Å². The van der Waals surface area contributed by atoms with Crippen LogP contribution in [0.4, 0.5) is 4.39 Å². The molecule has 15 heavy (non-hydrogen) atoms. The number of hydrogen-bond donors (Lipinski definition) is 1. The van der Waals surface area contributed by atoms with Crippen molar-refractivity contribution in [3.8, 4) is 0 Å². The van der Waals surface area contributed by atoms with Crippen molar-refractivity contribution in [3.05, 3.63) is 34.1 Å². The molecule has 0 radical (unpaired) electrons. The van der Waals surface area contributed by atoms with Gasteiger partial charge in [-0.3, -0.25) is 0 Å². The maximum atomic E-state index is 13.3. The Morgan fingerprint density at radius 2 is 2.20 bits per heavy atom. The van der Waals surface area contributed by atoms with E-state index in [0.717, 1.165) is 24.8 Å². The molecule has 1 saturated carbocycles. The lowest BCUT2D eigenvalue weighted by atomic mass is 9.98. The molecule has 2 atom stereocenters. The number of hydrogen-bond acceptors (Lipinski definition) is 1. The molecule has 0 heterocycles. The van der Waals surface area contributed by atoms with E-state index in [-0.39, 0.29) is 5.82 Å². The van der Waals surface area contributed by atoms with E-state index in [1.165, 1.54) is 12.5 Å². The molecule has 82 valence electrons. The SMILES string of the molecule is NC1CCC(Cc2cccc(F)c2Br)C1. The summed E-state index contributed by atoms with van der Waals surface area (Å²) >= 11 is 3.30. The number of halogens is 2. The Labute approximate surface area is 98.0 Å². The fourth-order valence-corrected chi connectivity index (χ4v) is 2.74. The molecule has 1 aromatic rings. The molecule has 1 aliphatic carbocycles. The Bertz CT molecular complexity index is 353. The third kappa shape index (κ3) is 2.58. The zero-order chi connectivity index (χ0) is 10.8. The van der Waals surface area contributed by atoms with Crippen molar-refractivity contribution >= 4 is 15.9 Å². The highest BCUT2D eigenvalue weighted by Crippen LogP contribution is 2.30. The highest BCUT2D eigenvalue weighted by molar-refractivity contribution is 9.10. The summed E-state index contributed by atoms with van der Waals surface area (Å²) in [6.45, 7) is 0. The second-order valence-corrected chi connectivity index (χ2v) is 5.15. The minimum absolute atomic E-state index is 0.171. The van der Waals surface area contributed by atoms with Crippen LogP contribution in [0.15, 0.2) is 22.7 Å². The first kappa shape index (κ1) is 11.1. The number of benzene rings is 1. The van der Waals surface area contributed by atoms with Gasteiger partial charge in [0.15, 0.2) is 0 Å². The standard InChI is InChI=1S/C12H15BrFN/c13-12-9(2-1-3-11(12)14)6-8-4-5-10(15)7-8/h1-3,8,10H,4-7,15H2. The van der Waals surface area contributed by atoms with E-state index in [0.29, 0.717) is 16.4 Å². The molecule has 1 nitrogen and oxygen atoms in total. The van der Waals surface area contributed by atoms with Crippen molar-refractivity contribution in [1.82, 2.24) is 0 Å². The molecule has 2 N–H and O–H groups in total. The first-order chi connectivity index (χ1) is 7.16. The molecule has 0 bridgehead atoms. The fraction of sp³-hybridized carbons (Fsp3) is 0.500. The Balaban J connectivity index is 2.07. The average Bonchev–Trinajstić information content (AvgIpc) is 2.59. The van der Waals surface area contributed by atoms with Crippen molar-refractivity contribution in [1.29, 1.82) is 0 Å². The van der Waals surface area contributed by atoms with Crippen LogP contribution in [0.25, 0.3) is 0 Å². The predicted octanol–water partition coefficient (Wildman–Crippen LogP) is 3.26. The summed E-state index contributed by atoms with van der Waals surface area (Å²) in [4.78, 5) is 0. The van der Waals surface area contributed by atoms with E-state index in [1.807, 2.05) is 6.07 Å². The van der Waals surface area contributed by atoms with E-state index < -0.39 is 0 Å². The molecule has 1 aromatic carbocycles. The molecule has 1 aliphatic rings. The lowest BCUT2D eigenvalue weighted by molar-refractivity contribution is 0.530. The van der Waals surface area contributed by atoms with Crippen LogP contribution in [-0.2, 0) is 6.42 Å². The van der Waals surface area contributed by atoms with Gasteiger partial charge in [0.25, 0.3) is 0 Å². The summed E-state index contributed by atoms with van der Waals surface area (Å²) in [5.41, 5.74) is 6.92. The maximum Gasteiger partial charge on any atom is 0.137 e. The zero-order valence-electron chi connectivity index (χ0n) is 8.55. The van der Waals surface area contributed by atoms with Crippen LogP contribution >= 0.6 is 15.9 Å². The lowest BCUT2D eigenvalue weighted by Gasteiger charge is -2.11. The van der Waals surface area contributed by atoms with Crippen molar-refractivity contribution in [2.24, 2.45) is 11.7 Å². The summed E-state index contributed by atoms with van der Waals surface area (Å²) in [5.74, 6) is 0.452. The molecule has 2 rings (SSSR count). The van der Waals surface area contributed by atoms with Gasteiger partial charge in [-0.25, -0.2) is 4.39 Å². The van der Waals surface area contributed by atoms with Crippen molar-refractivity contribution in [3.63, 3.8) is 0 Å². The first-order valence-electron chi connectivity index (χ1n) is 5.35. The largest absolute Gasteiger partial charge is 0.328 e. The van der Waals surface area contributed by atoms with Crippen LogP contribution in [-0.4, -0.2) is 6.04 Å². The number of rotatable bonds is 2. The van der Waals surface area contributed by atoms with Crippen LogP contribution in [0.5, 0.6) is 0 Å². The number of nitrogens with two attached hydrogens (primary N) is 1. The van der Waals surface area contributed by atoms with Gasteiger partial charge in [-0.1, -0.05) is 12.1 Å². The zero-order valence-corrected chi connectivity index (χ0v) is 10.1. The monoisotopic (exact) mass is 271 g/mol.